The molecule has 0 spiro atoms. The van der Waals surface area contributed by atoms with Gasteiger partial charge in [0.1, 0.15) is 17.1 Å². The van der Waals surface area contributed by atoms with Crippen molar-refractivity contribution in [3.05, 3.63) is 70.4 Å². The summed E-state index contributed by atoms with van der Waals surface area (Å²) < 4.78 is 34.0. The number of anilines is 1. The summed E-state index contributed by atoms with van der Waals surface area (Å²) in [5.41, 5.74) is 9.67. The van der Waals surface area contributed by atoms with Crippen molar-refractivity contribution in [2.75, 3.05) is 5.73 Å². The van der Waals surface area contributed by atoms with Gasteiger partial charge in [-0.05, 0) is 87.3 Å². The largest absolute Gasteiger partial charge is 0.438 e. The van der Waals surface area contributed by atoms with Gasteiger partial charge >= 0.3 is 0 Å². The van der Waals surface area contributed by atoms with Crippen molar-refractivity contribution in [3.8, 4) is 11.6 Å². The predicted octanol–water partition coefficient (Wildman–Crippen LogP) is 5.58. The Balaban J connectivity index is 1.71. The van der Waals surface area contributed by atoms with E-state index in [0.717, 1.165) is 48.1 Å². The third-order valence-electron chi connectivity index (χ3n) is 6.93. The van der Waals surface area contributed by atoms with Crippen LogP contribution in [0.1, 0.15) is 78.2 Å². The van der Waals surface area contributed by atoms with E-state index in [4.69, 9.17) is 15.5 Å². The van der Waals surface area contributed by atoms with Crippen LogP contribution in [0.15, 0.2) is 47.5 Å². The first kappa shape index (κ1) is 26.6. The maximum atomic E-state index is 13.3. The molecule has 2 heterocycles. The molecule has 0 atom stereocenters. The maximum absolute atomic E-state index is 13.3. The summed E-state index contributed by atoms with van der Waals surface area (Å²) in [5.74, 6) is 0.0878. The van der Waals surface area contributed by atoms with Gasteiger partial charge in [-0.25, -0.2) is 14.7 Å². The predicted molar refractivity (Wildman–Crippen MR) is 143 cm³/mol. The second-order valence-electron chi connectivity index (χ2n) is 10.7. The molecule has 3 N–H and O–H groups in total. The first-order valence-electron chi connectivity index (χ1n) is 12.4. The molecule has 1 amide bonds. The van der Waals surface area contributed by atoms with Crippen molar-refractivity contribution in [3.63, 3.8) is 0 Å². The second kappa shape index (κ2) is 10.1. The van der Waals surface area contributed by atoms with E-state index >= 15 is 0 Å². The van der Waals surface area contributed by atoms with Gasteiger partial charge in [0.05, 0.1) is 0 Å². The number of nitrogens with zero attached hydrogens (tertiary/aromatic N) is 2. The molecule has 196 valence electrons. The van der Waals surface area contributed by atoms with Gasteiger partial charge in [-0.3, -0.25) is 4.79 Å². The summed E-state index contributed by atoms with van der Waals surface area (Å²) in [6.45, 7) is 10.4. The van der Waals surface area contributed by atoms with E-state index in [1.54, 1.807) is 12.1 Å². The third kappa shape index (κ3) is 6.10. The molecule has 1 fully saturated rings. The molecule has 1 aliphatic carbocycles. The van der Waals surface area contributed by atoms with Crippen LogP contribution in [0.4, 0.5) is 5.82 Å². The van der Waals surface area contributed by atoms with Crippen LogP contribution in [0.3, 0.4) is 0 Å². The Morgan fingerprint density at radius 1 is 1.03 bits per heavy atom. The van der Waals surface area contributed by atoms with Crippen LogP contribution in [-0.2, 0) is 10.0 Å². The van der Waals surface area contributed by atoms with Crippen molar-refractivity contribution in [1.29, 1.82) is 0 Å². The fraction of sp³-hybridized carbons (Fsp3) is 0.393. The highest BCUT2D eigenvalue weighted by Gasteiger charge is 2.30. The number of sulfonamides is 1. The Hall–Kier alpha value is -3.46. The Labute approximate surface area is 218 Å². The molecule has 1 aliphatic rings. The van der Waals surface area contributed by atoms with Gasteiger partial charge in [0.25, 0.3) is 15.9 Å². The van der Waals surface area contributed by atoms with Gasteiger partial charge in [0.2, 0.25) is 5.88 Å². The van der Waals surface area contributed by atoms with E-state index in [0.29, 0.717) is 11.2 Å². The van der Waals surface area contributed by atoms with Crippen LogP contribution in [0.25, 0.3) is 0 Å². The average molecular weight is 523 g/mol. The van der Waals surface area contributed by atoms with Crippen molar-refractivity contribution < 1.29 is 17.9 Å². The second-order valence-corrected chi connectivity index (χ2v) is 12.3. The summed E-state index contributed by atoms with van der Waals surface area (Å²) in [5, 5.41) is -0.344. The molecule has 0 unspecified atom stereocenters. The van der Waals surface area contributed by atoms with E-state index in [1.165, 1.54) is 18.2 Å². The van der Waals surface area contributed by atoms with Crippen molar-refractivity contribution >= 4 is 21.7 Å². The van der Waals surface area contributed by atoms with Gasteiger partial charge in [-0.1, -0.05) is 37.6 Å². The standard InChI is InChI=1S/C28H34N4O4S/c1-17-15-18(2)25(19(3)16-17)36-27-21(9-10-22(30-27)20-11-13-28(4,5)14-12-20)26(33)32-37(34,35)24-8-6-7-23(29)31-24/h6-10,15-16,20H,11-14H2,1-5H3,(H2,29,31)(H,32,33). The summed E-state index contributed by atoms with van der Waals surface area (Å²) in [6, 6.07) is 11.6. The number of ether oxygens (including phenoxy) is 1. The smallest absolute Gasteiger partial charge is 0.281 e. The molecule has 4 rings (SSSR count). The Morgan fingerprint density at radius 2 is 1.68 bits per heavy atom. The normalized spacial score (nSPS) is 15.8. The van der Waals surface area contributed by atoms with Gasteiger partial charge in [-0.15, -0.1) is 0 Å². The number of nitrogens with two attached hydrogens (primary N) is 1. The van der Waals surface area contributed by atoms with E-state index in [9.17, 15) is 13.2 Å². The number of rotatable bonds is 6. The molecule has 3 aromatic rings. The van der Waals surface area contributed by atoms with Crippen LogP contribution < -0.4 is 15.2 Å². The minimum absolute atomic E-state index is 0.0201. The zero-order valence-electron chi connectivity index (χ0n) is 22.0. The minimum Gasteiger partial charge on any atom is -0.438 e. The number of aryl methyl sites for hydroxylation is 3. The van der Waals surface area contributed by atoms with Crippen LogP contribution >= 0.6 is 0 Å². The molecule has 1 saturated carbocycles. The number of nitrogen functional groups attached to an aromatic ring is 1. The highest BCUT2D eigenvalue weighted by molar-refractivity contribution is 7.90. The van der Waals surface area contributed by atoms with Crippen LogP contribution in [-0.4, -0.2) is 24.3 Å². The SMILES string of the molecule is Cc1cc(C)c(Oc2nc(C3CCC(C)(C)CC3)ccc2C(=O)NS(=O)(=O)c2cccc(N)n2)c(C)c1. The highest BCUT2D eigenvalue weighted by atomic mass is 32.2. The summed E-state index contributed by atoms with van der Waals surface area (Å²) in [7, 11) is -4.26. The van der Waals surface area contributed by atoms with Crippen molar-refractivity contribution in [2.24, 2.45) is 5.41 Å². The number of carbonyl (C=O) groups is 1. The maximum Gasteiger partial charge on any atom is 0.281 e. The van der Waals surface area contributed by atoms with Gasteiger partial charge in [-0.2, -0.15) is 8.42 Å². The average Bonchev–Trinajstić information content (AvgIpc) is 2.81. The highest BCUT2D eigenvalue weighted by Crippen LogP contribution is 2.42. The lowest BCUT2D eigenvalue weighted by molar-refractivity contribution is 0.0978. The quantitative estimate of drug-likeness (QED) is 0.433. The molecular weight excluding hydrogens is 488 g/mol. The molecule has 37 heavy (non-hydrogen) atoms. The summed E-state index contributed by atoms with van der Waals surface area (Å²) in [4.78, 5) is 21.9. The molecule has 2 aromatic heterocycles. The summed E-state index contributed by atoms with van der Waals surface area (Å²) >= 11 is 0. The monoisotopic (exact) mass is 522 g/mol. The molecular formula is C28H34N4O4S. The number of aromatic nitrogens is 2. The Bertz CT molecular complexity index is 1420. The Kier molecular flexibility index (Phi) is 7.28. The van der Waals surface area contributed by atoms with Crippen molar-refractivity contribution in [1.82, 2.24) is 14.7 Å². The zero-order valence-corrected chi connectivity index (χ0v) is 22.8. The molecule has 8 nitrogen and oxygen atoms in total. The van der Waals surface area contributed by atoms with Crippen LogP contribution in [0, 0.1) is 26.2 Å². The first-order valence-corrected chi connectivity index (χ1v) is 13.9. The lowest BCUT2D eigenvalue weighted by Crippen LogP contribution is -2.31. The molecule has 0 aliphatic heterocycles. The zero-order chi connectivity index (χ0) is 27.0. The number of benzene rings is 1. The number of pyridine rings is 2. The van der Waals surface area contributed by atoms with Crippen LogP contribution in [0.2, 0.25) is 0 Å². The molecule has 0 saturated heterocycles. The topological polar surface area (TPSA) is 124 Å². The third-order valence-corrected chi connectivity index (χ3v) is 8.17. The van der Waals surface area contributed by atoms with E-state index in [2.05, 4.69) is 23.6 Å². The van der Waals surface area contributed by atoms with E-state index in [-0.39, 0.29) is 28.2 Å². The number of hydrogen-bond acceptors (Lipinski definition) is 7. The number of amides is 1. The number of hydrogen-bond donors (Lipinski definition) is 2. The first-order chi connectivity index (χ1) is 17.3. The minimum atomic E-state index is -4.26. The Morgan fingerprint density at radius 3 is 2.30 bits per heavy atom. The summed E-state index contributed by atoms with van der Waals surface area (Å²) in [6.07, 6.45) is 4.14. The fourth-order valence-electron chi connectivity index (χ4n) is 4.86. The molecule has 0 radical (unpaired) electrons. The fourth-order valence-corrected chi connectivity index (χ4v) is 5.80. The lowest BCUT2D eigenvalue weighted by atomic mass is 9.72. The number of carbonyl (C=O) groups excluding carboxylic acids is 1. The van der Waals surface area contributed by atoms with Gasteiger partial charge in [0, 0.05) is 11.6 Å². The van der Waals surface area contributed by atoms with E-state index in [1.807, 2.05) is 32.9 Å². The van der Waals surface area contributed by atoms with Gasteiger partial charge < -0.3 is 10.5 Å². The van der Waals surface area contributed by atoms with Crippen LogP contribution in [0.5, 0.6) is 11.6 Å². The molecule has 0 bridgehead atoms. The number of nitrogens with one attached hydrogen (secondary N) is 1. The lowest BCUT2D eigenvalue weighted by Gasteiger charge is -2.34. The molecule has 1 aromatic carbocycles. The van der Waals surface area contributed by atoms with Gasteiger partial charge in [0.15, 0.2) is 5.03 Å². The molecule has 9 heteroatoms. The van der Waals surface area contributed by atoms with Crippen molar-refractivity contribution in [2.45, 2.75) is 71.2 Å². The van der Waals surface area contributed by atoms with E-state index < -0.39 is 15.9 Å².